The highest BCUT2D eigenvalue weighted by Gasteiger charge is 2.57. The SMILES string of the molecule is CC1=CC=CC(N(F)C(=O)C(C)C)(S(=O)(=O)c2ccc(F)cc2)C1O. The number of aliphatic hydroxyl groups is 1. The molecule has 0 fully saturated rings. The van der Waals surface area contributed by atoms with Gasteiger partial charge in [-0.05, 0) is 42.8 Å². The van der Waals surface area contributed by atoms with E-state index in [0.717, 1.165) is 30.3 Å². The molecule has 2 unspecified atom stereocenters. The van der Waals surface area contributed by atoms with Gasteiger partial charge in [0.15, 0.2) is 0 Å². The van der Waals surface area contributed by atoms with Crippen LogP contribution in [0.4, 0.5) is 8.87 Å². The number of rotatable bonds is 4. The Morgan fingerprint density at radius 2 is 1.84 bits per heavy atom. The van der Waals surface area contributed by atoms with Gasteiger partial charge in [0.05, 0.1) is 4.90 Å². The number of benzene rings is 1. The molecule has 25 heavy (non-hydrogen) atoms. The first-order valence-electron chi connectivity index (χ1n) is 7.60. The molecule has 0 saturated heterocycles. The van der Waals surface area contributed by atoms with Gasteiger partial charge in [0.2, 0.25) is 14.7 Å². The van der Waals surface area contributed by atoms with E-state index < -0.39 is 48.5 Å². The van der Waals surface area contributed by atoms with Crippen LogP contribution in [0.2, 0.25) is 0 Å². The summed E-state index contributed by atoms with van der Waals surface area (Å²) in [6.07, 6.45) is 1.81. The second kappa shape index (κ2) is 6.68. The summed E-state index contributed by atoms with van der Waals surface area (Å²) in [5, 5.41) is 10.1. The van der Waals surface area contributed by atoms with E-state index in [1.54, 1.807) is 0 Å². The van der Waals surface area contributed by atoms with E-state index in [2.05, 4.69) is 0 Å². The largest absolute Gasteiger partial charge is 0.385 e. The van der Waals surface area contributed by atoms with Crippen molar-refractivity contribution in [1.82, 2.24) is 5.12 Å². The monoisotopic (exact) mass is 371 g/mol. The maximum Gasteiger partial charge on any atom is 0.254 e. The number of carbonyl (C=O) groups excluding carboxylic acids is 1. The summed E-state index contributed by atoms with van der Waals surface area (Å²) in [5.74, 6) is -2.60. The maximum absolute atomic E-state index is 15.1. The van der Waals surface area contributed by atoms with Crippen molar-refractivity contribution in [3.05, 3.63) is 53.9 Å². The highest BCUT2D eigenvalue weighted by atomic mass is 32.2. The van der Waals surface area contributed by atoms with Crippen molar-refractivity contribution in [3.63, 3.8) is 0 Å². The molecule has 8 heteroatoms. The molecule has 0 radical (unpaired) electrons. The highest BCUT2D eigenvalue weighted by Crippen LogP contribution is 2.40. The predicted molar refractivity (Wildman–Crippen MR) is 88.0 cm³/mol. The van der Waals surface area contributed by atoms with Crippen LogP contribution in [0.25, 0.3) is 0 Å². The number of sulfone groups is 1. The molecule has 1 aromatic carbocycles. The fourth-order valence-electron chi connectivity index (χ4n) is 2.56. The number of hydrogen-bond donors (Lipinski definition) is 1. The summed E-state index contributed by atoms with van der Waals surface area (Å²) < 4.78 is 54.5. The van der Waals surface area contributed by atoms with E-state index in [1.165, 1.54) is 32.9 Å². The molecule has 1 aliphatic carbocycles. The van der Waals surface area contributed by atoms with Gasteiger partial charge < -0.3 is 5.11 Å². The first-order chi connectivity index (χ1) is 11.6. The van der Waals surface area contributed by atoms with Gasteiger partial charge in [0.25, 0.3) is 5.91 Å². The van der Waals surface area contributed by atoms with Gasteiger partial charge in [-0.1, -0.05) is 30.5 Å². The Morgan fingerprint density at radius 3 is 2.36 bits per heavy atom. The van der Waals surface area contributed by atoms with Gasteiger partial charge in [-0.25, -0.2) is 12.8 Å². The first kappa shape index (κ1) is 19.3. The molecule has 0 saturated carbocycles. The zero-order valence-corrected chi connectivity index (χ0v) is 14.8. The lowest BCUT2D eigenvalue weighted by Crippen LogP contribution is -2.61. The molecule has 1 amide bonds. The fraction of sp³-hybridized carbons (Fsp3) is 0.353. The van der Waals surface area contributed by atoms with Crippen molar-refractivity contribution in [1.29, 1.82) is 0 Å². The Balaban J connectivity index is 2.72. The van der Waals surface area contributed by atoms with E-state index in [-0.39, 0.29) is 5.57 Å². The van der Waals surface area contributed by atoms with Crippen LogP contribution in [0.1, 0.15) is 20.8 Å². The number of nitrogens with zero attached hydrogens (tertiary/aromatic N) is 1. The van der Waals surface area contributed by atoms with E-state index in [1.807, 2.05) is 0 Å². The Kier molecular flexibility index (Phi) is 5.15. The third-order valence-corrected chi connectivity index (χ3v) is 6.34. The molecule has 5 nitrogen and oxygen atoms in total. The van der Waals surface area contributed by atoms with Gasteiger partial charge in [-0.3, -0.25) is 4.79 Å². The third kappa shape index (κ3) is 3.00. The summed E-state index contributed by atoms with van der Waals surface area (Å²) in [6.45, 7) is 4.25. The summed E-state index contributed by atoms with van der Waals surface area (Å²) >= 11 is 0. The van der Waals surface area contributed by atoms with Crippen LogP contribution >= 0.6 is 0 Å². The molecule has 1 aliphatic rings. The van der Waals surface area contributed by atoms with Crippen molar-refractivity contribution in [3.8, 4) is 0 Å². The van der Waals surface area contributed by atoms with Gasteiger partial charge in [0, 0.05) is 5.92 Å². The van der Waals surface area contributed by atoms with Gasteiger partial charge in [-0.2, -0.15) is 0 Å². The Morgan fingerprint density at radius 1 is 1.28 bits per heavy atom. The molecule has 2 rings (SSSR count). The van der Waals surface area contributed by atoms with E-state index in [4.69, 9.17) is 0 Å². The molecule has 0 spiro atoms. The van der Waals surface area contributed by atoms with Crippen LogP contribution in [0.15, 0.2) is 53.0 Å². The van der Waals surface area contributed by atoms with Crippen molar-refractivity contribution in [2.75, 3.05) is 0 Å². The summed E-state index contributed by atoms with van der Waals surface area (Å²) in [5.41, 5.74) is 0.174. The number of hydrogen-bond acceptors (Lipinski definition) is 4. The maximum atomic E-state index is 15.1. The smallest absolute Gasteiger partial charge is 0.254 e. The molecule has 0 aromatic heterocycles. The van der Waals surface area contributed by atoms with E-state index in [0.29, 0.717) is 0 Å². The molecule has 0 aliphatic heterocycles. The van der Waals surface area contributed by atoms with Gasteiger partial charge >= 0.3 is 0 Å². The van der Waals surface area contributed by atoms with Crippen molar-refractivity contribution in [2.24, 2.45) is 5.92 Å². The molecule has 1 N–H and O–H groups in total. The van der Waals surface area contributed by atoms with Crippen LogP contribution in [-0.2, 0) is 14.6 Å². The van der Waals surface area contributed by atoms with Crippen LogP contribution in [0, 0.1) is 11.7 Å². The number of carbonyl (C=O) groups is 1. The quantitative estimate of drug-likeness (QED) is 0.652. The highest BCUT2D eigenvalue weighted by molar-refractivity contribution is 7.93. The minimum Gasteiger partial charge on any atom is -0.385 e. The van der Waals surface area contributed by atoms with Crippen molar-refractivity contribution < 1.29 is 27.2 Å². The van der Waals surface area contributed by atoms with Crippen LogP contribution < -0.4 is 0 Å². The molecule has 0 heterocycles. The minimum absolute atomic E-state index is 0.174. The zero-order chi connectivity index (χ0) is 19.0. The van der Waals surface area contributed by atoms with Crippen LogP contribution in [0.5, 0.6) is 0 Å². The van der Waals surface area contributed by atoms with Gasteiger partial charge in [0.1, 0.15) is 11.9 Å². The zero-order valence-electron chi connectivity index (χ0n) is 14.0. The standard InChI is InChI=1S/C17H19F2NO4S/c1-11(2)16(22)20(19)17(10-4-5-12(3)15(17)21)25(23,24)14-8-6-13(18)7-9-14/h4-11,15,21H,1-3H3. The number of allylic oxidation sites excluding steroid dienone is 2. The summed E-state index contributed by atoms with van der Waals surface area (Å²) in [4.78, 5) is 9.12. The summed E-state index contributed by atoms with van der Waals surface area (Å²) in [6, 6.07) is 3.76. The molecular weight excluding hydrogens is 352 g/mol. The molecule has 136 valence electrons. The first-order valence-corrected chi connectivity index (χ1v) is 9.08. The minimum atomic E-state index is -4.61. The number of halogens is 2. The number of amides is 1. The molecular formula is C17H19F2NO4S. The topological polar surface area (TPSA) is 74.7 Å². The van der Waals surface area contributed by atoms with Crippen LogP contribution in [-0.4, -0.2) is 35.5 Å². The predicted octanol–water partition coefficient (Wildman–Crippen LogP) is 2.54. The van der Waals surface area contributed by atoms with Crippen molar-refractivity contribution >= 4 is 15.7 Å². The van der Waals surface area contributed by atoms with Gasteiger partial charge in [-0.15, -0.1) is 5.12 Å². The normalized spacial score (nSPS) is 23.5. The van der Waals surface area contributed by atoms with E-state index >= 15 is 4.48 Å². The second-order valence-electron chi connectivity index (χ2n) is 6.16. The van der Waals surface area contributed by atoms with Crippen molar-refractivity contribution in [2.45, 2.75) is 36.6 Å². The average Bonchev–Trinajstić information content (AvgIpc) is 2.56. The summed E-state index contributed by atoms with van der Waals surface area (Å²) in [7, 11) is -4.61. The lowest BCUT2D eigenvalue weighted by Gasteiger charge is -2.40. The molecule has 1 aromatic rings. The second-order valence-corrected chi connectivity index (χ2v) is 8.29. The Hall–Kier alpha value is -2.06. The number of aliphatic hydroxyl groups excluding tert-OH is 1. The lowest BCUT2D eigenvalue weighted by atomic mass is 9.96. The fourth-order valence-corrected chi connectivity index (χ4v) is 4.47. The van der Waals surface area contributed by atoms with E-state index in [9.17, 15) is 22.7 Å². The Labute approximate surface area is 145 Å². The Bertz CT molecular complexity index is 831. The third-order valence-electron chi connectivity index (χ3n) is 4.07. The lowest BCUT2D eigenvalue weighted by molar-refractivity contribution is -0.161. The molecule has 2 atom stereocenters. The van der Waals surface area contributed by atoms with Crippen LogP contribution in [0.3, 0.4) is 0 Å². The molecule has 0 bridgehead atoms. The average molecular weight is 371 g/mol.